The third kappa shape index (κ3) is 6.13. The number of nitrogens with zero attached hydrogens (tertiary/aromatic N) is 3. The van der Waals surface area contributed by atoms with Crippen molar-refractivity contribution < 1.29 is 19.1 Å². The fraction of sp³-hybridized carbons (Fsp3) is 0.321. The number of likely N-dealkylation sites (tertiary alicyclic amines) is 1. The lowest BCUT2D eigenvalue weighted by Crippen LogP contribution is -2.37. The molecule has 1 saturated heterocycles. The average molecular weight is 489 g/mol. The molecule has 8 heteroatoms. The van der Waals surface area contributed by atoms with Crippen molar-refractivity contribution in [3.63, 3.8) is 0 Å². The molecule has 0 bridgehead atoms. The molecule has 36 heavy (non-hydrogen) atoms. The summed E-state index contributed by atoms with van der Waals surface area (Å²) < 4.78 is 12.9. The summed E-state index contributed by atoms with van der Waals surface area (Å²) in [6.45, 7) is 3.81. The van der Waals surface area contributed by atoms with Crippen LogP contribution in [0.15, 0.2) is 54.7 Å². The Hall–Kier alpha value is -4.07. The summed E-state index contributed by atoms with van der Waals surface area (Å²) >= 11 is 0. The predicted molar refractivity (Wildman–Crippen MR) is 139 cm³/mol. The second-order valence-electron chi connectivity index (χ2n) is 8.88. The number of piperidine rings is 1. The zero-order valence-electron chi connectivity index (χ0n) is 21.0. The van der Waals surface area contributed by atoms with E-state index in [4.69, 9.17) is 9.47 Å². The van der Waals surface area contributed by atoms with Crippen molar-refractivity contribution in [1.82, 2.24) is 14.7 Å². The Morgan fingerprint density at radius 1 is 1.08 bits per heavy atom. The van der Waals surface area contributed by atoms with Crippen LogP contribution in [0.3, 0.4) is 0 Å². The molecule has 0 spiro atoms. The van der Waals surface area contributed by atoms with Gasteiger partial charge in [-0.05, 0) is 62.1 Å². The molecular formula is C28H32N4O4. The monoisotopic (exact) mass is 488 g/mol. The topological polar surface area (TPSA) is 85.7 Å². The number of carbonyl (C=O) groups is 2. The minimum atomic E-state index is -0.344. The SMILES string of the molecule is COc1ccc(/C=C/C(=O)Nc2cnn(C)c2C(=O)N2CCCCC2)cc1COc1ccc(C)cc1. The molecular weight excluding hydrogens is 456 g/mol. The van der Waals surface area contributed by atoms with Crippen molar-refractivity contribution in [1.29, 1.82) is 0 Å². The van der Waals surface area contributed by atoms with E-state index in [0.29, 0.717) is 23.7 Å². The van der Waals surface area contributed by atoms with Gasteiger partial charge in [0.2, 0.25) is 5.91 Å². The number of hydrogen-bond acceptors (Lipinski definition) is 5. The van der Waals surface area contributed by atoms with Crippen LogP contribution in [0.1, 0.15) is 46.4 Å². The zero-order chi connectivity index (χ0) is 25.5. The molecule has 2 aromatic carbocycles. The molecule has 2 heterocycles. The Kier molecular flexibility index (Phi) is 8.05. The smallest absolute Gasteiger partial charge is 0.274 e. The summed E-state index contributed by atoms with van der Waals surface area (Å²) in [5, 5.41) is 6.99. The molecule has 0 saturated carbocycles. The number of carbonyl (C=O) groups excluding carboxylic acids is 2. The Balaban J connectivity index is 1.43. The molecule has 0 radical (unpaired) electrons. The largest absolute Gasteiger partial charge is 0.496 e. The van der Waals surface area contributed by atoms with E-state index < -0.39 is 0 Å². The number of ether oxygens (including phenoxy) is 2. The normalized spacial score (nSPS) is 13.6. The molecule has 0 atom stereocenters. The first-order valence-corrected chi connectivity index (χ1v) is 12.1. The maximum Gasteiger partial charge on any atom is 0.274 e. The average Bonchev–Trinajstić information content (AvgIpc) is 3.26. The minimum Gasteiger partial charge on any atom is -0.496 e. The van der Waals surface area contributed by atoms with E-state index in [1.54, 1.807) is 20.2 Å². The standard InChI is InChI=1S/C28H32N4O4/c1-20-7-11-23(12-8-20)36-19-22-17-21(9-13-25(22)35-3)10-14-26(33)30-24-18-29-31(2)27(24)28(34)32-15-5-4-6-16-32/h7-14,17-18H,4-6,15-16,19H2,1-3H3,(H,30,33)/b14-10+. The van der Waals surface area contributed by atoms with Gasteiger partial charge in [-0.2, -0.15) is 5.10 Å². The van der Waals surface area contributed by atoms with Gasteiger partial charge in [0, 0.05) is 31.8 Å². The van der Waals surface area contributed by atoms with E-state index in [2.05, 4.69) is 10.4 Å². The van der Waals surface area contributed by atoms with E-state index in [1.807, 2.05) is 54.3 Å². The van der Waals surface area contributed by atoms with Crippen LogP contribution in [0.25, 0.3) is 6.08 Å². The molecule has 8 nitrogen and oxygen atoms in total. The summed E-state index contributed by atoms with van der Waals surface area (Å²) in [4.78, 5) is 27.5. The molecule has 1 N–H and O–H groups in total. The molecule has 1 aliphatic rings. The Morgan fingerprint density at radius 3 is 2.56 bits per heavy atom. The van der Waals surface area contributed by atoms with Crippen molar-refractivity contribution in [3.8, 4) is 11.5 Å². The highest BCUT2D eigenvalue weighted by Gasteiger charge is 2.24. The van der Waals surface area contributed by atoms with Crippen LogP contribution < -0.4 is 14.8 Å². The number of amides is 2. The maximum atomic E-state index is 13.0. The summed E-state index contributed by atoms with van der Waals surface area (Å²) in [5.74, 6) is 1.03. The van der Waals surface area contributed by atoms with Gasteiger partial charge >= 0.3 is 0 Å². The van der Waals surface area contributed by atoms with Crippen molar-refractivity contribution in [2.24, 2.45) is 7.05 Å². The van der Waals surface area contributed by atoms with Crippen molar-refractivity contribution in [2.75, 3.05) is 25.5 Å². The summed E-state index contributed by atoms with van der Waals surface area (Å²) in [6, 6.07) is 13.5. The molecule has 3 aromatic rings. The minimum absolute atomic E-state index is 0.109. The third-order valence-electron chi connectivity index (χ3n) is 6.19. The fourth-order valence-corrected chi connectivity index (χ4v) is 4.19. The van der Waals surface area contributed by atoms with Gasteiger partial charge in [0.1, 0.15) is 23.8 Å². The van der Waals surface area contributed by atoms with Gasteiger partial charge in [0.15, 0.2) is 0 Å². The van der Waals surface area contributed by atoms with Crippen LogP contribution in [-0.4, -0.2) is 46.7 Å². The van der Waals surface area contributed by atoms with Crippen LogP contribution in [0.2, 0.25) is 0 Å². The molecule has 4 rings (SSSR count). The van der Waals surface area contributed by atoms with Crippen LogP contribution >= 0.6 is 0 Å². The Labute approximate surface area is 211 Å². The number of methoxy groups -OCH3 is 1. The van der Waals surface area contributed by atoms with Gasteiger partial charge in [-0.1, -0.05) is 23.8 Å². The van der Waals surface area contributed by atoms with E-state index >= 15 is 0 Å². The lowest BCUT2D eigenvalue weighted by molar-refractivity contribution is -0.111. The maximum absolute atomic E-state index is 13.0. The highest BCUT2D eigenvalue weighted by atomic mass is 16.5. The first kappa shape index (κ1) is 25.0. The number of nitrogens with one attached hydrogen (secondary N) is 1. The van der Waals surface area contributed by atoms with Crippen molar-refractivity contribution in [3.05, 3.63) is 77.1 Å². The van der Waals surface area contributed by atoms with Crippen LogP contribution in [0.5, 0.6) is 11.5 Å². The fourth-order valence-electron chi connectivity index (χ4n) is 4.19. The third-order valence-corrected chi connectivity index (χ3v) is 6.19. The van der Waals surface area contributed by atoms with Crippen LogP contribution in [-0.2, 0) is 18.4 Å². The molecule has 0 aliphatic carbocycles. The first-order chi connectivity index (χ1) is 17.4. The molecule has 188 valence electrons. The van der Waals surface area contributed by atoms with Gasteiger partial charge in [0.25, 0.3) is 5.91 Å². The number of aryl methyl sites for hydroxylation is 2. The van der Waals surface area contributed by atoms with Crippen LogP contribution in [0, 0.1) is 6.92 Å². The second kappa shape index (κ2) is 11.6. The van der Waals surface area contributed by atoms with Crippen molar-refractivity contribution >= 4 is 23.6 Å². The zero-order valence-corrected chi connectivity index (χ0v) is 21.0. The highest BCUT2D eigenvalue weighted by Crippen LogP contribution is 2.24. The van der Waals surface area contributed by atoms with E-state index in [9.17, 15) is 9.59 Å². The number of rotatable bonds is 8. The number of hydrogen-bond donors (Lipinski definition) is 1. The quantitative estimate of drug-likeness (QED) is 0.469. The number of anilines is 1. The summed E-state index contributed by atoms with van der Waals surface area (Å²) in [5.41, 5.74) is 3.65. The Morgan fingerprint density at radius 2 is 1.83 bits per heavy atom. The van der Waals surface area contributed by atoms with Gasteiger partial charge in [-0.25, -0.2) is 0 Å². The number of aromatic nitrogens is 2. The van der Waals surface area contributed by atoms with Gasteiger partial charge in [-0.3, -0.25) is 14.3 Å². The Bertz CT molecular complexity index is 1240. The van der Waals surface area contributed by atoms with Gasteiger partial charge in [0.05, 0.1) is 19.0 Å². The second-order valence-corrected chi connectivity index (χ2v) is 8.88. The lowest BCUT2D eigenvalue weighted by Gasteiger charge is -2.26. The predicted octanol–water partition coefficient (Wildman–Crippen LogP) is 4.59. The lowest BCUT2D eigenvalue weighted by atomic mass is 10.1. The molecule has 1 fully saturated rings. The number of benzene rings is 2. The van der Waals surface area contributed by atoms with Crippen molar-refractivity contribution in [2.45, 2.75) is 32.8 Å². The van der Waals surface area contributed by atoms with Gasteiger partial charge < -0.3 is 19.7 Å². The molecule has 2 amide bonds. The summed E-state index contributed by atoms with van der Waals surface area (Å²) in [6.07, 6.45) is 7.79. The molecule has 0 unspecified atom stereocenters. The van der Waals surface area contributed by atoms with E-state index in [1.165, 1.54) is 22.5 Å². The van der Waals surface area contributed by atoms with Crippen LogP contribution in [0.4, 0.5) is 5.69 Å². The summed E-state index contributed by atoms with van der Waals surface area (Å²) in [7, 11) is 3.32. The molecule has 1 aromatic heterocycles. The highest BCUT2D eigenvalue weighted by molar-refractivity contribution is 6.06. The van der Waals surface area contributed by atoms with E-state index in [0.717, 1.165) is 49.2 Å². The first-order valence-electron chi connectivity index (χ1n) is 12.1. The van der Waals surface area contributed by atoms with E-state index in [-0.39, 0.29) is 11.8 Å². The molecule has 1 aliphatic heterocycles. The van der Waals surface area contributed by atoms with Gasteiger partial charge in [-0.15, -0.1) is 0 Å².